The molecule has 26 heavy (non-hydrogen) atoms. The van der Waals surface area contributed by atoms with Crippen LogP contribution in [0.1, 0.15) is 29.9 Å². The molecule has 0 bridgehead atoms. The predicted octanol–water partition coefficient (Wildman–Crippen LogP) is 3.07. The van der Waals surface area contributed by atoms with Gasteiger partial charge in [-0.2, -0.15) is 0 Å². The molecule has 1 fully saturated rings. The fraction of sp³-hybridized carbons (Fsp3) is 0.474. The Morgan fingerprint density at radius 1 is 1.27 bits per heavy atom. The fourth-order valence-corrected chi connectivity index (χ4v) is 3.86. The number of anilines is 2. The summed E-state index contributed by atoms with van der Waals surface area (Å²) in [4.78, 5) is 21.3. The van der Waals surface area contributed by atoms with Gasteiger partial charge in [-0.05, 0) is 38.1 Å². The molecule has 1 aliphatic rings. The van der Waals surface area contributed by atoms with Gasteiger partial charge in [-0.25, -0.2) is 4.98 Å². The second-order valence-corrected chi connectivity index (χ2v) is 7.85. The van der Waals surface area contributed by atoms with Gasteiger partial charge >= 0.3 is 0 Å². The molecule has 0 aliphatic carbocycles. The fourth-order valence-electron chi connectivity index (χ4n) is 3.16. The van der Waals surface area contributed by atoms with E-state index >= 15 is 0 Å². The quantitative estimate of drug-likeness (QED) is 0.872. The average molecular weight is 375 g/mol. The SMILES string of the molecule is C[C@@H]1CN(Cc2csc(NC(=O)c3ccc(N(C)C)cc3)n2)C[C@@H](C)O1. The van der Waals surface area contributed by atoms with E-state index in [1.807, 2.05) is 48.6 Å². The number of morpholine rings is 1. The highest BCUT2D eigenvalue weighted by molar-refractivity contribution is 7.13. The van der Waals surface area contributed by atoms with Crippen LogP contribution in [0.3, 0.4) is 0 Å². The zero-order chi connectivity index (χ0) is 18.7. The molecule has 1 aliphatic heterocycles. The van der Waals surface area contributed by atoms with Gasteiger partial charge in [0.2, 0.25) is 0 Å². The second-order valence-electron chi connectivity index (χ2n) is 6.99. The van der Waals surface area contributed by atoms with Crippen molar-refractivity contribution in [3.05, 3.63) is 40.9 Å². The number of carbonyl (C=O) groups is 1. The van der Waals surface area contributed by atoms with Crippen LogP contribution in [0.2, 0.25) is 0 Å². The zero-order valence-corrected chi connectivity index (χ0v) is 16.5. The second kappa shape index (κ2) is 8.16. The number of nitrogens with zero attached hydrogens (tertiary/aromatic N) is 3. The smallest absolute Gasteiger partial charge is 0.257 e. The van der Waals surface area contributed by atoms with E-state index in [1.165, 1.54) is 11.3 Å². The molecule has 2 heterocycles. The van der Waals surface area contributed by atoms with Crippen molar-refractivity contribution in [1.29, 1.82) is 0 Å². The number of ether oxygens (including phenoxy) is 1. The molecule has 6 nitrogen and oxygen atoms in total. The van der Waals surface area contributed by atoms with Gasteiger partial charge in [0.15, 0.2) is 5.13 Å². The Bertz CT molecular complexity index is 734. The van der Waals surface area contributed by atoms with Crippen molar-refractivity contribution in [3.8, 4) is 0 Å². The standard InChI is InChI=1S/C19H26N4O2S/c1-13-9-23(10-14(2)25-13)11-16-12-26-19(20-16)21-18(24)15-5-7-17(8-6-15)22(3)4/h5-8,12-14H,9-11H2,1-4H3,(H,20,21,24)/t13-,14-/m1/s1. The summed E-state index contributed by atoms with van der Waals surface area (Å²) in [6, 6.07) is 7.53. The van der Waals surface area contributed by atoms with Crippen molar-refractivity contribution in [2.75, 3.05) is 37.4 Å². The maximum absolute atomic E-state index is 12.4. The Kier molecular flexibility index (Phi) is 5.90. The minimum Gasteiger partial charge on any atom is -0.378 e. The summed E-state index contributed by atoms with van der Waals surface area (Å²) in [6.45, 7) is 6.78. The molecule has 0 unspecified atom stereocenters. The number of thiazole rings is 1. The van der Waals surface area contributed by atoms with Crippen molar-refractivity contribution in [2.24, 2.45) is 0 Å². The van der Waals surface area contributed by atoms with E-state index in [0.29, 0.717) is 10.7 Å². The minimum atomic E-state index is -0.134. The van der Waals surface area contributed by atoms with Crippen LogP contribution in [0.5, 0.6) is 0 Å². The van der Waals surface area contributed by atoms with Gasteiger partial charge in [0, 0.05) is 50.4 Å². The van der Waals surface area contributed by atoms with E-state index in [0.717, 1.165) is 31.0 Å². The van der Waals surface area contributed by atoms with Crippen LogP contribution < -0.4 is 10.2 Å². The summed E-state index contributed by atoms with van der Waals surface area (Å²) in [7, 11) is 3.95. The van der Waals surface area contributed by atoms with Crippen LogP contribution in [0, 0.1) is 0 Å². The minimum absolute atomic E-state index is 0.134. The van der Waals surface area contributed by atoms with Gasteiger partial charge < -0.3 is 9.64 Å². The lowest BCUT2D eigenvalue weighted by Crippen LogP contribution is -2.44. The maximum atomic E-state index is 12.4. The Morgan fingerprint density at radius 2 is 1.92 bits per heavy atom. The van der Waals surface area contributed by atoms with Crippen LogP contribution in [-0.2, 0) is 11.3 Å². The molecule has 1 amide bonds. The Labute approximate surface area is 158 Å². The van der Waals surface area contributed by atoms with E-state index in [-0.39, 0.29) is 18.1 Å². The van der Waals surface area contributed by atoms with E-state index in [1.54, 1.807) is 0 Å². The Morgan fingerprint density at radius 3 is 2.54 bits per heavy atom. The highest BCUT2D eigenvalue weighted by Crippen LogP contribution is 2.20. The molecule has 3 rings (SSSR count). The number of hydrogen-bond donors (Lipinski definition) is 1. The maximum Gasteiger partial charge on any atom is 0.257 e. The molecule has 140 valence electrons. The van der Waals surface area contributed by atoms with Crippen molar-refractivity contribution >= 4 is 28.1 Å². The summed E-state index contributed by atoms with van der Waals surface area (Å²) in [5, 5.41) is 5.54. The van der Waals surface area contributed by atoms with E-state index in [9.17, 15) is 4.79 Å². The van der Waals surface area contributed by atoms with Crippen LogP contribution in [0.15, 0.2) is 29.6 Å². The molecule has 7 heteroatoms. The zero-order valence-electron chi connectivity index (χ0n) is 15.7. The number of aromatic nitrogens is 1. The summed E-state index contributed by atoms with van der Waals surface area (Å²) in [5.41, 5.74) is 2.67. The Balaban J connectivity index is 1.58. The average Bonchev–Trinajstić information content (AvgIpc) is 3.00. The predicted molar refractivity (Wildman–Crippen MR) is 106 cm³/mol. The van der Waals surface area contributed by atoms with Gasteiger partial charge in [0.05, 0.1) is 17.9 Å². The van der Waals surface area contributed by atoms with E-state index < -0.39 is 0 Å². The molecular weight excluding hydrogens is 348 g/mol. The molecule has 1 aromatic carbocycles. The number of amides is 1. The van der Waals surface area contributed by atoms with Gasteiger partial charge in [-0.3, -0.25) is 15.0 Å². The van der Waals surface area contributed by atoms with E-state index in [4.69, 9.17) is 4.74 Å². The van der Waals surface area contributed by atoms with Crippen LogP contribution in [0.25, 0.3) is 0 Å². The highest BCUT2D eigenvalue weighted by atomic mass is 32.1. The van der Waals surface area contributed by atoms with Crippen molar-refractivity contribution in [3.63, 3.8) is 0 Å². The lowest BCUT2D eigenvalue weighted by molar-refractivity contribution is -0.0707. The topological polar surface area (TPSA) is 57.7 Å². The number of hydrogen-bond acceptors (Lipinski definition) is 6. The number of nitrogens with one attached hydrogen (secondary N) is 1. The van der Waals surface area contributed by atoms with Crippen LogP contribution in [-0.4, -0.2) is 55.2 Å². The highest BCUT2D eigenvalue weighted by Gasteiger charge is 2.22. The molecular formula is C19H26N4O2S. The van der Waals surface area contributed by atoms with Gasteiger partial charge in [0.25, 0.3) is 5.91 Å². The summed E-state index contributed by atoms with van der Waals surface area (Å²) < 4.78 is 5.76. The molecule has 1 N–H and O–H groups in total. The van der Waals surface area contributed by atoms with Crippen molar-refractivity contribution < 1.29 is 9.53 Å². The normalized spacial score (nSPS) is 20.8. The Hall–Kier alpha value is -1.96. The first-order chi connectivity index (χ1) is 12.4. The lowest BCUT2D eigenvalue weighted by atomic mass is 10.2. The molecule has 1 saturated heterocycles. The third-order valence-electron chi connectivity index (χ3n) is 4.30. The van der Waals surface area contributed by atoms with Gasteiger partial charge in [0.1, 0.15) is 0 Å². The number of rotatable bonds is 5. The van der Waals surface area contributed by atoms with Crippen molar-refractivity contribution in [2.45, 2.75) is 32.6 Å². The first-order valence-corrected chi connectivity index (χ1v) is 9.69. The molecule has 2 aromatic rings. The monoisotopic (exact) mass is 374 g/mol. The molecule has 0 spiro atoms. The summed E-state index contributed by atoms with van der Waals surface area (Å²) >= 11 is 1.46. The van der Waals surface area contributed by atoms with Gasteiger partial charge in [-0.1, -0.05) is 0 Å². The van der Waals surface area contributed by atoms with Crippen molar-refractivity contribution in [1.82, 2.24) is 9.88 Å². The first kappa shape index (κ1) is 18.8. The summed E-state index contributed by atoms with van der Waals surface area (Å²) in [6.07, 6.45) is 0.475. The molecule has 2 atom stereocenters. The van der Waals surface area contributed by atoms with Gasteiger partial charge in [-0.15, -0.1) is 11.3 Å². The first-order valence-electron chi connectivity index (χ1n) is 8.81. The molecule has 1 aromatic heterocycles. The third kappa shape index (κ3) is 4.81. The molecule has 0 radical (unpaired) electrons. The number of carbonyl (C=O) groups excluding carboxylic acids is 1. The van der Waals surface area contributed by atoms with E-state index in [2.05, 4.69) is 29.0 Å². The largest absolute Gasteiger partial charge is 0.378 e. The number of benzene rings is 1. The lowest BCUT2D eigenvalue weighted by Gasteiger charge is -2.34. The molecule has 0 saturated carbocycles. The van der Waals surface area contributed by atoms with Crippen LogP contribution in [0.4, 0.5) is 10.8 Å². The van der Waals surface area contributed by atoms with Crippen LogP contribution >= 0.6 is 11.3 Å². The summed E-state index contributed by atoms with van der Waals surface area (Å²) in [5.74, 6) is -0.134. The third-order valence-corrected chi connectivity index (χ3v) is 5.11.